The van der Waals surface area contributed by atoms with Crippen molar-refractivity contribution in [1.29, 1.82) is 0 Å². The first kappa shape index (κ1) is 20.5. The lowest BCUT2D eigenvalue weighted by Crippen LogP contribution is -2.17. The molecule has 0 saturated heterocycles. The molecule has 152 valence electrons. The molecule has 8 heteroatoms. The van der Waals surface area contributed by atoms with E-state index < -0.39 is 10.8 Å². The van der Waals surface area contributed by atoms with Gasteiger partial charge in [0.25, 0.3) is 11.6 Å². The molecule has 8 nitrogen and oxygen atoms in total. The second-order valence-electron chi connectivity index (χ2n) is 6.16. The van der Waals surface area contributed by atoms with Crippen LogP contribution in [-0.4, -0.2) is 24.2 Å². The van der Waals surface area contributed by atoms with Crippen molar-refractivity contribution in [3.63, 3.8) is 0 Å². The van der Waals surface area contributed by atoms with E-state index >= 15 is 0 Å². The maximum Gasteiger partial charge on any atom is 0.271 e. The smallest absolute Gasteiger partial charge is 0.271 e. The zero-order valence-electron chi connectivity index (χ0n) is 16.1. The van der Waals surface area contributed by atoms with Gasteiger partial charge in [0.15, 0.2) is 11.5 Å². The van der Waals surface area contributed by atoms with Crippen molar-refractivity contribution in [2.75, 3.05) is 7.11 Å². The van der Waals surface area contributed by atoms with Crippen LogP contribution in [0.4, 0.5) is 5.69 Å². The number of carbonyl (C=O) groups excluding carboxylic acids is 1. The van der Waals surface area contributed by atoms with Crippen molar-refractivity contribution in [1.82, 2.24) is 5.43 Å². The summed E-state index contributed by atoms with van der Waals surface area (Å²) in [6.45, 7) is 0.344. The Bertz CT molecular complexity index is 1050. The number of hydrogen-bond donors (Lipinski definition) is 1. The van der Waals surface area contributed by atoms with E-state index in [9.17, 15) is 14.9 Å². The predicted octanol–water partition coefficient (Wildman–Crippen LogP) is 3.95. The fourth-order valence-electron chi connectivity index (χ4n) is 2.64. The number of para-hydroxylation sites is 1. The second kappa shape index (κ2) is 9.83. The van der Waals surface area contributed by atoms with Crippen LogP contribution in [0.5, 0.6) is 11.5 Å². The van der Waals surface area contributed by atoms with Crippen LogP contribution in [0.2, 0.25) is 0 Å². The number of nitro groups is 1. The number of hydrogen-bond acceptors (Lipinski definition) is 6. The van der Waals surface area contributed by atoms with Gasteiger partial charge in [-0.1, -0.05) is 36.4 Å². The summed E-state index contributed by atoms with van der Waals surface area (Å²) in [5.41, 5.74) is 4.18. The standard InChI is InChI=1S/C22H19N3O5/c1-29-20-9-5-8-18(21(20)30-15-16-6-3-2-4-7-16)14-23-24-22(26)17-10-12-19(13-11-17)25(27)28/h2-14H,15H2,1H3,(H,24,26)/b23-14+. The minimum atomic E-state index is -0.528. The molecular weight excluding hydrogens is 386 g/mol. The summed E-state index contributed by atoms with van der Waals surface area (Å²) >= 11 is 0. The van der Waals surface area contributed by atoms with Gasteiger partial charge in [-0.2, -0.15) is 5.10 Å². The molecule has 0 aliphatic rings. The van der Waals surface area contributed by atoms with Crippen LogP contribution in [0.3, 0.4) is 0 Å². The molecule has 0 aliphatic heterocycles. The van der Waals surface area contributed by atoms with E-state index in [0.29, 0.717) is 23.7 Å². The van der Waals surface area contributed by atoms with E-state index in [2.05, 4.69) is 10.5 Å². The van der Waals surface area contributed by atoms with Crippen LogP contribution in [0.1, 0.15) is 21.5 Å². The van der Waals surface area contributed by atoms with Crippen molar-refractivity contribution in [2.24, 2.45) is 5.10 Å². The third-order valence-electron chi connectivity index (χ3n) is 4.17. The number of nitro benzene ring substituents is 1. The molecule has 3 rings (SSSR count). The fourth-order valence-corrected chi connectivity index (χ4v) is 2.64. The Balaban J connectivity index is 1.71. The minimum Gasteiger partial charge on any atom is -0.493 e. The predicted molar refractivity (Wildman–Crippen MR) is 112 cm³/mol. The molecule has 0 radical (unpaired) electrons. The SMILES string of the molecule is COc1cccc(/C=N/NC(=O)c2ccc([N+](=O)[O-])cc2)c1OCc1ccccc1. The molecular formula is C22H19N3O5. The number of rotatable bonds is 8. The summed E-state index contributed by atoms with van der Waals surface area (Å²) in [5.74, 6) is 0.546. The fraction of sp³-hybridized carbons (Fsp3) is 0.0909. The Hall–Kier alpha value is -4.20. The highest BCUT2D eigenvalue weighted by Crippen LogP contribution is 2.30. The first-order valence-corrected chi connectivity index (χ1v) is 9.00. The van der Waals surface area contributed by atoms with Gasteiger partial charge >= 0.3 is 0 Å². The molecule has 0 bridgehead atoms. The molecule has 0 spiro atoms. The normalized spacial score (nSPS) is 10.6. The maximum absolute atomic E-state index is 12.2. The van der Waals surface area contributed by atoms with E-state index in [1.807, 2.05) is 30.3 Å². The summed E-state index contributed by atoms with van der Waals surface area (Å²) in [6, 6.07) is 20.3. The zero-order valence-corrected chi connectivity index (χ0v) is 16.1. The van der Waals surface area contributed by atoms with Crippen molar-refractivity contribution >= 4 is 17.8 Å². The number of carbonyl (C=O) groups is 1. The highest BCUT2D eigenvalue weighted by atomic mass is 16.6. The number of ether oxygens (including phenoxy) is 2. The molecule has 0 aromatic heterocycles. The van der Waals surface area contributed by atoms with Gasteiger partial charge in [-0.3, -0.25) is 14.9 Å². The topological polar surface area (TPSA) is 103 Å². The lowest BCUT2D eigenvalue weighted by atomic mass is 10.2. The van der Waals surface area contributed by atoms with Gasteiger partial charge in [-0.05, 0) is 29.8 Å². The number of benzene rings is 3. The van der Waals surface area contributed by atoms with E-state index in [1.165, 1.54) is 30.5 Å². The monoisotopic (exact) mass is 405 g/mol. The van der Waals surface area contributed by atoms with Crippen LogP contribution in [-0.2, 0) is 6.61 Å². The Labute approximate surface area is 172 Å². The molecule has 0 atom stereocenters. The van der Waals surface area contributed by atoms with Crippen LogP contribution < -0.4 is 14.9 Å². The van der Waals surface area contributed by atoms with Crippen LogP contribution in [0.15, 0.2) is 77.9 Å². The minimum absolute atomic E-state index is 0.0911. The van der Waals surface area contributed by atoms with Gasteiger partial charge in [0, 0.05) is 23.3 Å². The van der Waals surface area contributed by atoms with Crippen LogP contribution >= 0.6 is 0 Å². The number of methoxy groups -OCH3 is 1. The van der Waals surface area contributed by atoms with Crippen LogP contribution in [0.25, 0.3) is 0 Å². The summed E-state index contributed by atoms with van der Waals surface area (Å²) < 4.78 is 11.3. The van der Waals surface area contributed by atoms with E-state index in [1.54, 1.807) is 25.3 Å². The summed E-state index contributed by atoms with van der Waals surface area (Å²) in [6.07, 6.45) is 1.45. The second-order valence-corrected chi connectivity index (χ2v) is 6.16. The quantitative estimate of drug-likeness (QED) is 0.347. The van der Waals surface area contributed by atoms with Gasteiger partial charge in [-0.25, -0.2) is 5.43 Å². The van der Waals surface area contributed by atoms with E-state index in [0.717, 1.165) is 5.56 Å². The first-order chi connectivity index (χ1) is 14.6. The average molecular weight is 405 g/mol. The molecule has 0 unspecified atom stereocenters. The number of amides is 1. The molecule has 3 aromatic carbocycles. The van der Waals surface area contributed by atoms with Gasteiger partial charge in [-0.15, -0.1) is 0 Å². The summed E-state index contributed by atoms with van der Waals surface area (Å²) in [4.78, 5) is 22.4. The number of nitrogens with one attached hydrogen (secondary N) is 1. The molecule has 0 heterocycles. The highest BCUT2D eigenvalue weighted by molar-refractivity contribution is 5.95. The molecule has 1 amide bonds. The van der Waals surface area contributed by atoms with Crippen molar-refractivity contribution in [3.05, 3.63) is 99.6 Å². The largest absolute Gasteiger partial charge is 0.493 e. The lowest BCUT2D eigenvalue weighted by Gasteiger charge is -2.13. The van der Waals surface area contributed by atoms with Crippen LogP contribution in [0, 0.1) is 10.1 Å². The third kappa shape index (κ3) is 5.20. The van der Waals surface area contributed by atoms with Gasteiger partial charge in [0.1, 0.15) is 6.61 Å². The molecule has 30 heavy (non-hydrogen) atoms. The Morgan fingerprint density at radius 2 is 1.80 bits per heavy atom. The van der Waals surface area contributed by atoms with Crippen molar-refractivity contribution in [3.8, 4) is 11.5 Å². The number of non-ortho nitro benzene ring substituents is 1. The van der Waals surface area contributed by atoms with Gasteiger partial charge < -0.3 is 9.47 Å². The molecule has 0 fully saturated rings. The number of nitrogens with zero attached hydrogens (tertiary/aromatic N) is 2. The average Bonchev–Trinajstić information content (AvgIpc) is 2.78. The Morgan fingerprint density at radius 1 is 1.07 bits per heavy atom. The third-order valence-corrected chi connectivity index (χ3v) is 4.17. The molecule has 1 N–H and O–H groups in total. The van der Waals surface area contributed by atoms with E-state index in [4.69, 9.17) is 9.47 Å². The lowest BCUT2D eigenvalue weighted by molar-refractivity contribution is -0.384. The number of hydrazone groups is 1. The molecule has 0 saturated carbocycles. The summed E-state index contributed by atoms with van der Waals surface area (Å²) in [7, 11) is 1.54. The van der Waals surface area contributed by atoms with Gasteiger partial charge in [0.2, 0.25) is 0 Å². The summed E-state index contributed by atoms with van der Waals surface area (Å²) in [5, 5.41) is 14.7. The zero-order chi connectivity index (χ0) is 21.3. The Kier molecular flexibility index (Phi) is 6.73. The first-order valence-electron chi connectivity index (χ1n) is 9.00. The molecule has 3 aromatic rings. The Morgan fingerprint density at radius 3 is 2.47 bits per heavy atom. The molecule has 0 aliphatic carbocycles. The van der Waals surface area contributed by atoms with Gasteiger partial charge in [0.05, 0.1) is 18.2 Å². The maximum atomic E-state index is 12.2. The van der Waals surface area contributed by atoms with Crippen molar-refractivity contribution in [2.45, 2.75) is 6.61 Å². The van der Waals surface area contributed by atoms with E-state index in [-0.39, 0.29) is 11.3 Å². The van der Waals surface area contributed by atoms with Crippen molar-refractivity contribution < 1.29 is 19.2 Å². The highest BCUT2D eigenvalue weighted by Gasteiger charge is 2.11.